The lowest BCUT2D eigenvalue weighted by Crippen LogP contribution is -2.32. The fourth-order valence-electron chi connectivity index (χ4n) is 3.92. The van der Waals surface area contributed by atoms with E-state index in [-0.39, 0.29) is 16.8 Å². The van der Waals surface area contributed by atoms with Crippen molar-refractivity contribution in [2.75, 3.05) is 5.32 Å². The lowest BCUT2D eigenvalue weighted by atomic mass is 9.75. The molecule has 0 radical (unpaired) electrons. The van der Waals surface area contributed by atoms with Gasteiger partial charge < -0.3 is 4.98 Å². The number of amides is 1. The molecule has 0 aliphatic heterocycles. The van der Waals surface area contributed by atoms with Crippen molar-refractivity contribution in [3.8, 4) is 0 Å². The Morgan fingerprint density at radius 3 is 2.80 bits per heavy atom. The van der Waals surface area contributed by atoms with Crippen LogP contribution in [0.1, 0.15) is 72.0 Å². The van der Waals surface area contributed by atoms with E-state index in [0.29, 0.717) is 29.2 Å². The molecule has 1 aliphatic rings. The molecule has 0 saturated heterocycles. The number of hydrogen-bond acceptors (Lipinski definition) is 5. The first-order chi connectivity index (χ1) is 14.3. The van der Waals surface area contributed by atoms with E-state index in [1.54, 1.807) is 0 Å². The zero-order chi connectivity index (χ0) is 21.5. The second-order valence-corrected chi connectivity index (χ2v) is 9.75. The Morgan fingerprint density at radius 1 is 1.23 bits per heavy atom. The summed E-state index contributed by atoms with van der Waals surface area (Å²) in [6.45, 7) is 6.15. The van der Waals surface area contributed by atoms with E-state index in [1.807, 2.05) is 19.9 Å². The van der Waals surface area contributed by atoms with Crippen LogP contribution in [0.3, 0.4) is 0 Å². The van der Waals surface area contributed by atoms with Gasteiger partial charge in [0.05, 0.1) is 10.2 Å². The van der Waals surface area contributed by atoms with Gasteiger partial charge in [-0.05, 0) is 48.4 Å². The van der Waals surface area contributed by atoms with Crippen molar-refractivity contribution in [3.05, 3.63) is 57.0 Å². The number of carbonyl (C=O) groups is 2. The zero-order valence-electron chi connectivity index (χ0n) is 17.4. The highest BCUT2D eigenvalue weighted by atomic mass is 32.1. The number of aromatic amines is 1. The van der Waals surface area contributed by atoms with Crippen molar-refractivity contribution >= 4 is 38.4 Å². The van der Waals surface area contributed by atoms with Gasteiger partial charge in [0, 0.05) is 17.7 Å². The van der Waals surface area contributed by atoms with E-state index >= 15 is 0 Å². The summed E-state index contributed by atoms with van der Waals surface area (Å²) >= 11 is 1.38. The van der Waals surface area contributed by atoms with Crippen molar-refractivity contribution in [3.63, 3.8) is 0 Å². The maximum atomic E-state index is 12.8. The van der Waals surface area contributed by atoms with Gasteiger partial charge >= 0.3 is 0 Å². The van der Waals surface area contributed by atoms with Crippen LogP contribution in [-0.2, 0) is 12.8 Å². The van der Waals surface area contributed by atoms with Crippen molar-refractivity contribution < 1.29 is 9.59 Å². The third-order valence-electron chi connectivity index (χ3n) is 5.45. The maximum absolute atomic E-state index is 12.8. The molecule has 156 valence electrons. The maximum Gasteiger partial charge on any atom is 0.263 e. The number of nitrogens with zero attached hydrogens (tertiary/aromatic N) is 1. The normalized spacial score (nSPS) is 15.2. The summed E-state index contributed by atoms with van der Waals surface area (Å²) in [6, 6.07) is 7.55. The van der Waals surface area contributed by atoms with Gasteiger partial charge in [0.15, 0.2) is 10.9 Å². The molecule has 30 heavy (non-hydrogen) atoms. The quantitative estimate of drug-likeness (QED) is 0.620. The van der Waals surface area contributed by atoms with Crippen LogP contribution in [0.4, 0.5) is 5.13 Å². The van der Waals surface area contributed by atoms with Crippen molar-refractivity contribution in [2.45, 2.75) is 52.9 Å². The van der Waals surface area contributed by atoms with Crippen LogP contribution >= 0.6 is 11.3 Å². The second kappa shape index (κ2) is 7.80. The molecule has 2 N–H and O–H groups in total. The van der Waals surface area contributed by atoms with Gasteiger partial charge in [0.1, 0.15) is 5.56 Å². The summed E-state index contributed by atoms with van der Waals surface area (Å²) in [5.74, 6) is -0.604. The van der Waals surface area contributed by atoms with Gasteiger partial charge in [-0.2, -0.15) is 0 Å². The second-order valence-electron chi connectivity index (χ2n) is 8.72. The summed E-state index contributed by atoms with van der Waals surface area (Å²) in [7, 11) is 0. The number of hydrogen-bond donors (Lipinski definition) is 2. The van der Waals surface area contributed by atoms with E-state index < -0.39 is 11.5 Å². The third-order valence-corrected chi connectivity index (χ3v) is 6.39. The number of aryl methyl sites for hydroxylation is 1. The van der Waals surface area contributed by atoms with Crippen molar-refractivity contribution in [1.29, 1.82) is 0 Å². The molecule has 0 bridgehead atoms. The fraction of sp³-hybridized carbons (Fsp3) is 0.391. The molecule has 0 fully saturated rings. The van der Waals surface area contributed by atoms with E-state index in [0.717, 1.165) is 29.5 Å². The number of carbonyl (C=O) groups excluding carboxylic acids is 2. The van der Waals surface area contributed by atoms with Gasteiger partial charge in [-0.15, -0.1) is 0 Å². The zero-order valence-corrected chi connectivity index (χ0v) is 18.2. The molecule has 2 aromatic heterocycles. The number of thiazole rings is 1. The average Bonchev–Trinajstić information content (AvgIpc) is 3.06. The number of fused-ring (bicyclic) bond motifs is 2. The largest absolute Gasteiger partial charge is 0.325 e. The highest BCUT2D eigenvalue weighted by Crippen LogP contribution is 2.33. The molecule has 0 unspecified atom stereocenters. The van der Waals surface area contributed by atoms with Crippen LogP contribution in [0.5, 0.6) is 0 Å². The van der Waals surface area contributed by atoms with Crippen molar-refractivity contribution in [2.24, 2.45) is 5.41 Å². The summed E-state index contributed by atoms with van der Waals surface area (Å²) in [4.78, 5) is 45.0. The first-order valence-electron chi connectivity index (χ1n) is 10.3. The monoisotopic (exact) mass is 423 g/mol. The highest BCUT2D eigenvalue weighted by molar-refractivity contribution is 7.22. The number of benzene rings is 1. The Labute approximate surface area is 178 Å². The van der Waals surface area contributed by atoms with Gasteiger partial charge in [-0.1, -0.05) is 44.6 Å². The summed E-state index contributed by atoms with van der Waals surface area (Å²) < 4.78 is 0.996. The minimum Gasteiger partial charge on any atom is -0.325 e. The number of ketones is 1. The molecular weight excluding hydrogens is 398 g/mol. The number of anilines is 1. The molecule has 2 heterocycles. The Bertz CT molecular complexity index is 1210. The van der Waals surface area contributed by atoms with Crippen LogP contribution in [0.25, 0.3) is 10.2 Å². The SMILES string of the molecule is CCCCc1ccc2nc(NC(=O)c3cc4c([nH]c3=O)CC(C)(C)CC4=O)sc2c1. The average molecular weight is 424 g/mol. The van der Waals surface area contributed by atoms with Gasteiger partial charge in [0.25, 0.3) is 11.5 Å². The van der Waals surface area contributed by atoms with Gasteiger partial charge in [0.2, 0.25) is 0 Å². The van der Waals surface area contributed by atoms with Gasteiger partial charge in [-0.3, -0.25) is 19.7 Å². The van der Waals surface area contributed by atoms with E-state index in [2.05, 4.69) is 34.3 Å². The number of nitrogens with one attached hydrogen (secondary N) is 2. The summed E-state index contributed by atoms with van der Waals surface area (Å²) in [6.07, 6.45) is 4.28. The Morgan fingerprint density at radius 2 is 2.03 bits per heavy atom. The molecule has 1 amide bonds. The molecule has 6 nitrogen and oxygen atoms in total. The van der Waals surface area contributed by atoms with Crippen LogP contribution < -0.4 is 10.9 Å². The molecule has 4 rings (SSSR count). The van der Waals surface area contributed by atoms with E-state index in [4.69, 9.17) is 0 Å². The first kappa shape index (κ1) is 20.5. The van der Waals surface area contributed by atoms with Crippen LogP contribution in [0.15, 0.2) is 29.1 Å². The summed E-state index contributed by atoms with van der Waals surface area (Å²) in [5, 5.41) is 3.16. The topological polar surface area (TPSA) is 91.9 Å². The Balaban J connectivity index is 1.59. The van der Waals surface area contributed by atoms with Crippen LogP contribution in [0, 0.1) is 5.41 Å². The smallest absolute Gasteiger partial charge is 0.263 e. The number of rotatable bonds is 5. The molecule has 3 aromatic rings. The minimum atomic E-state index is -0.554. The third kappa shape index (κ3) is 4.07. The lowest BCUT2D eigenvalue weighted by Gasteiger charge is -2.29. The number of pyridine rings is 1. The molecule has 0 saturated carbocycles. The first-order valence-corrected chi connectivity index (χ1v) is 11.1. The Kier molecular flexibility index (Phi) is 5.32. The number of unbranched alkanes of at least 4 members (excludes halogenated alkanes) is 1. The predicted molar refractivity (Wildman–Crippen MR) is 120 cm³/mol. The molecule has 0 spiro atoms. The lowest BCUT2D eigenvalue weighted by molar-refractivity contribution is 0.0910. The number of Topliss-reactive ketones (excluding diaryl/α,β-unsaturated/α-hetero) is 1. The molecule has 1 aliphatic carbocycles. The van der Waals surface area contributed by atoms with E-state index in [1.165, 1.54) is 23.0 Å². The van der Waals surface area contributed by atoms with Crippen LogP contribution in [0.2, 0.25) is 0 Å². The van der Waals surface area contributed by atoms with Crippen LogP contribution in [-0.4, -0.2) is 21.7 Å². The fourth-order valence-corrected chi connectivity index (χ4v) is 4.84. The van der Waals surface area contributed by atoms with Crippen molar-refractivity contribution in [1.82, 2.24) is 9.97 Å². The molecule has 7 heteroatoms. The Hall–Kier alpha value is -2.80. The standard InChI is InChI=1S/C23H25N3O3S/c1-4-5-6-13-7-8-16-19(9-13)30-22(25-16)26-21(29)15-10-14-17(24-20(15)28)11-23(2,3)12-18(14)27/h7-10H,4-6,11-12H2,1-3H3,(H,24,28)(H,25,26,29). The molecule has 0 atom stereocenters. The molecule has 1 aromatic carbocycles. The minimum absolute atomic E-state index is 0.0499. The number of H-pyrrole nitrogens is 1. The predicted octanol–water partition coefficient (Wildman–Crippen LogP) is 4.73. The molecular formula is C23H25N3O3S. The summed E-state index contributed by atoms with van der Waals surface area (Å²) in [5.41, 5.74) is 2.35. The van der Waals surface area contributed by atoms with E-state index in [9.17, 15) is 14.4 Å². The number of aromatic nitrogens is 2. The highest BCUT2D eigenvalue weighted by Gasteiger charge is 2.32. The van der Waals surface area contributed by atoms with Gasteiger partial charge in [-0.25, -0.2) is 4.98 Å².